The second kappa shape index (κ2) is 6.94. The van der Waals surface area contributed by atoms with Crippen molar-refractivity contribution >= 4 is 23.2 Å². The van der Waals surface area contributed by atoms with E-state index >= 15 is 0 Å². The van der Waals surface area contributed by atoms with Gasteiger partial charge in [0.15, 0.2) is 0 Å². The normalized spacial score (nSPS) is 9.67. The first-order chi connectivity index (χ1) is 10.1. The Bertz CT molecular complexity index is 729. The molecule has 0 aromatic heterocycles. The van der Waals surface area contributed by atoms with Gasteiger partial charge in [0.25, 0.3) is 5.91 Å². The van der Waals surface area contributed by atoms with Crippen LogP contribution in [0.25, 0.3) is 0 Å². The number of aryl methyl sites for hydroxylation is 1. The van der Waals surface area contributed by atoms with Crippen molar-refractivity contribution < 1.29 is 9.90 Å². The summed E-state index contributed by atoms with van der Waals surface area (Å²) in [7, 11) is 0. The summed E-state index contributed by atoms with van der Waals surface area (Å²) >= 11 is 5.93. The van der Waals surface area contributed by atoms with Crippen LogP contribution < -0.4 is 5.32 Å². The first kappa shape index (κ1) is 15.1. The zero-order valence-electron chi connectivity index (χ0n) is 11.5. The maximum atomic E-state index is 12.2. The van der Waals surface area contributed by atoms with E-state index in [9.17, 15) is 4.79 Å². The van der Waals surface area contributed by atoms with Gasteiger partial charge in [0.05, 0.1) is 5.69 Å². The van der Waals surface area contributed by atoms with Crippen molar-refractivity contribution in [2.45, 2.75) is 6.92 Å². The molecular formula is C17H14ClNO2. The summed E-state index contributed by atoms with van der Waals surface area (Å²) in [6, 6.07) is 12.3. The van der Waals surface area contributed by atoms with Crippen LogP contribution in [-0.2, 0) is 0 Å². The number of halogens is 1. The molecule has 4 heteroatoms. The minimum Gasteiger partial charge on any atom is -0.384 e. The molecule has 0 atom stereocenters. The van der Waals surface area contributed by atoms with Gasteiger partial charge >= 0.3 is 0 Å². The highest BCUT2D eigenvalue weighted by Crippen LogP contribution is 2.20. The zero-order chi connectivity index (χ0) is 15.2. The second-order valence-electron chi connectivity index (χ2n) is 4.47. The van der Waals surface area contributed by atoms with Gasteiger partial charge in [-0.3, -0.25) is 4.79 Å². The third-order valence-corrected chi connectivity index (χ3v) is 3.05. The summed E-state index contributed by atoms with van der Waals surface area (Å²) < 4.78 is 0. The van der Waals surface area contributed by atoms with E-state index in [0.29, 0.717) is 21.8 Å². The Hall–Kier alpha value is -2.28. The molecule has 2 aromatic carbocycles. The molecule has 0 aliphatic heterocycles. The van der Waals surface area contributed by atoms with Crippen LogP contribution in [-0.4, -0.2) is 17.6 Å². The molecule has 0 spiro atoms. The van der Waals surface area contributed by atoms with Gasteiger partial charge < -0.3 is 10.4 Å². The third kappa shape index (κ3) is 4.09. The number of rotatable bonds is 2. The zero-order valence-corrected chi connectivity index (χ0v) is 12.2. The molecule has 0 fully saturated rings. The van der Waals surface area contributed by atoms with Crippen molar-refractivity contribution in [2.24, 2.45) is 0 Å². The number of nitrogens with one attached hydrogen (secondary N) is 1. The number of carbonyl (C=O) groups excluding carboxylic acids is 1. The van der Waals surface area contributed by atoms with E-state index in [2.05, 4.69) is 17.2 Å². The third-order valence-electron chi connectivity index (χ3n) is 2.81. The number of benzene rings is 2. The van der Waals surface area contributed by atoms with Crippen molar-refractivity contribution in [1.29, 1.82) is 0 Å². The molecule has 2 rings (SSSR count). The molecular weight excluding hydrogens is 286 g/mol. The highest BCUT2D eigenvalue weighted by Gasteiger charge is 2.09. The molecule has 2 N–H and O–H groups in total. The average Bonchev–Trinajstić information content (AvgIpc) is 2.47. The number of aliphatic hydroxyl groups excluding tert-OH is 1. The van der Waals surface area contributed by atoms with Crippen LogP contribution in [0.1, 0.15) is 21.5 Å². The molecule has 3 nitrogen and oxygen atoms in total. The number of carbonyl (C=O) groups is 1. The Morgan fingerprint density at radius 1 is 1.29 bits per heavy atom. The standard InChI is InChI=1S/C17H14ClNO2/c1-12-4-2-5-14(10-12)17(21)19-16-8-7-15(18)11-13(16)6-3-9-20/h2,4-5,7-8,10-11,20H,9H2,1H3,(H,19,21). The Labute approximate surface area is 128 Å². The monoisotopic (exact) mass is 299 g/mol. The van der Waals surface area contributed by atoms with Crippen LogP contribution in [0.3, 0.4) is 0 Å². The number of anilines is 1. The van der Waals surface area contributed by atoms with Crippen LogP contribution in [0.2, 0.25) is 5.02 Å². The minimum absolute atomic E-state index is 0.215. The molecule has 2 aromatic rings. The molecule has 0 aliphatic carbocycles. The van der Waals surface area contributed by atoms with E-state index in [0.717, 1.165) is 5.56 Å². The lowest BCUT2D eigenvalue weighted by Gasteiger charge is -2.08. The summed E-state index contributed by atoms with van der Waals surface area (Å²) in [4.78, 5) is 12.2. The van der Waals surface area contributed by atoms with Gasteiger partial charge in [-0.05, 0) is 37.3 Å². The van der Waals surface area contributed by atoms with Gasteiger partial charge in [-0.2, -0.15) is 0 Å². The molecule has 0 radical (unpaired) electrons. The van der Waals surface area contributed by atoms with Gasteiger partial charge in [-0.15, -0.1) is 0 Å². The molecule has 1 amide bonds. The molecule has 21 heavy (non-hydrogen) atoms. The van der Waals surface area contributed by atoms with Crippen molar-refractivity contribution in [3.05, 3.63) is 64.2 Å². The predicted molar refractivity (Wildman–Crippen MR) is 84.5 cm³/mol. The first-order valence-corrected chi connectivity index (χ1v) is 6.75. The van der Waals surface area contributed by atoms with Crippen LogP contribution in [0.4, 0.5) is 5.69 Å². The lowest BCUT2D eigenvalue weighted by molar-refractivity contribution is 0.102. The first-order valence-electron chi connectivity index (χ1n) is 6.37. The molecule has 106 valence electrons. The molecule has 0 bridgehead atoms. The molecule has 0 saturated carbocycles. The number of amides is 1. The summed E-state index contributed by atoms with van der Waals surface area (Å²) in [5.74, 6) is 5.11. The van der Waals surface area contributed by atoms with Gasteiger partial charge in [-0.1, -0.05) is 41.1 Å². The van der Waals surface area contributed by atoms with Crippen LogP contribution >= 0.6 is 11.6 Å². The minimum atomic E-state index is -0.252. The van der Waals surface area contributed by atoms with E-state index in [-0.39, 0.29) is 12.5 Å². The summed E-state index contributed by atoms with van der Waals surface area (Å²) in [5.41, 5.74) is 2.72. The Balaban J connectivity index is 2.29. The van der Waals surface area contributed by atoms with Gasteiger partial charge in [0.1, 0.15) is 6.61 Å². The van der Waals surface area contributed by atoms with Gasteiger partial charge in [-0.25, -0.2) is 0 Å². The fourth-order valence-corrected chi connectivity index (χ4v) is 2.02. The summed E-state index contributed by atoms with van der Waals surface area (Å²) in [6.45, 7) is 1.68. The van der Waals surface area contributed by atoms with Crippen LogP contribution in [0, 0.1) is 18.8 Å². The predicted octanol–water partition coefficient (Wildman–Crippen LogP) is 3.24. The van der Waals surface area contributed by atoms with Gasteiger partial charge in [0.2, 0.25) is 0 Å². The summed E-state index contributed by atoms with van der Waals surface area (Å²) in [5, 5.41) is 12.1. The van der Waals surface area contributed by atoms with E-state index in [1.165, 1.54) is 0 Å². The maximum absolute atomic E-state index is 12.2. The van der Waals surface area contributed by atoms with E-state index < -0.39 is 0 Å². The Morgan fingerprint density at radius 3 is 2.81 bits per heavy atom. The van der Waals surface area contributed by atoms with Gasteiger partial charge in [0, 0.05) is 16.1 Å². The number of hydrogen-bond donors (Lipinski definition) is 2. The topological polar surface area (TPSA) is 49.3 Å². The molecule has 0 unspecified atom stereocenters. The Kier molecular flexibility index (Phi) is 4.99. The van der Waals surface area contributed by atoms with E-state index in [4.69, 9.17) is 16.7 Å². The highest BCUT2D eigenvalue weighted by molar-refractivity contribution is 6.30. The van der Waals surface area contributed by atoms with Crippen molar-refractivity contribution in [2.75, 3.05) is 11.9 Å². The quantitative estimate of drug-likeness (QED) is 0.836. The molecule has 0 saturated heterocycles. The Morgan fingerprint density at radius 2 is 2.10 bits per heavy atom. The van der Waals surface area contributed by atoms with E-state index in [1.54, 1.807) is 24.3 Å². The van der Waals surface area contributed by atoms with E-state index in [1.807, 2.05) is 25.1 Å². The maximum Gasteiger partial charge on any atom is 0.255 e. The van der Waals surface area contributed by atoms with Crippen molar-refractivity contribution in [3.8, 4) is 11.8 Å². The fourth-order valence-electron chi connectivity index (χ4n) is 1.84. The van der Waals surface area contributed by atoms with Crippen molar-refractivity contribution in [1.82, 2.24) is 0 Å². The van der Waals surface area contributed by atoms with Crippen LogP contribution in [0.5, 0.6) is 0 Å². The SMILES string of the molecule is Cc1cccc(C(=O)Nc2ccc(Cl)cc2C#CCO)c1. The number of aliphatic hydroxyl groups is 1. The molecule has 0 aliphatic rings. The van der Waals surface area contributed by atoms with Crippen molar-refractivity contribution in [3.63, 3.8) is 0 Å². The number of hydrogen-bond acceptors (Lipinski definition) is 2. The van der Waals surface area contributed by atoms with Crippen LogP contribution in [0.15, 0.2) is 42.5 Å². The smallest absolute Gasteiger partial charge is 0.255 e. The molecule has 0 heterocycles. The highest BCUT2D eigenvalue weighted by atomic mass is 35.5. The average molecular weight is 300 g/mol. The lowest BCUT2D eigenvalue weighted by Crippen LogP contribution is -2.13. The largest absolute Gasteiger partial charge is 0.384 e. The fraction of sp³-hybridized carbons (Fsp3) is 0.118. The second-order valence-corrected chi connectivity index (χ2v) is 4.91. The lowest BCUT2D eigenvalue weighted by atomic mass is 10.1. The summed E-state index contributed by atoms with van der Waals surface area (Å²) in [6.07, 6.45) is 0.